The van der Waals surface area contributed by atoms with Gasteiger partial charge >= 0.3 is 5.97 Å². The predicted octanol–water partition coefficient (Wildman–Crippen LogP) is 1.37. The Balaban J connectivity index is 2.48. The second-order valence-corrected chi connectivity index (χ2v) is 5.47. The van der Waals surface area contributed by atoms with E-state index in [0.717, 1.165) is 19.8 Å². The van der Waals surface area contributed by atoms with Gasteiger partial charge in [-0.1, -0.05) is 6.58 Å². The van der Waals surface area contributed by atoms with Crippen molar-refractivity contribution in [3.63, 3.8) is 0 Å². The van der Waals surface area contributed by atoms with Crippen LogP contribution in [0.3, 0.4) is 0 Å². The largest absolute Gasteiger partial charge is 0.462 e. The number of hydrogen-bond acceptors (Lipinski definition) is 5. The molecule has 0 aromatic rings. The van der Waals surface area contributed by atoms with E-state index in [0.29, 0.717) is 18.7 Å². The van der Waals surface area contributed by atoms with Gasteiger partial charge in [-0.25, -0.2) is 4.79 Å². The minimum absolute atomic E-state index is 0.257. The molecule has 0 aliphatic carbocycles. The Kier molecular flexibility index (Phi) is 6.48. The highest BCUT2D eigenvalue weighted by atomic mass is 16.5. The van der Waals surface area contributed by atoms with Gasteiger partial charge in [-0.2, -0.15) is 0 Å². The first-order valence-electron chi connectivity index (χ1n) is 6.98. The van der Waals surface area contributed by atoms with Gasteiger partial charge in [0.1, 0.15) is 0 Å². The fraction of sp³-hybridized carbons (Fsp3) is 0.786. The van der Waals surface area contributed by atoms with Crippen molar-refractivity contribution in [3.8, 4) is 0 Å². The third-order valence-electron chi connectivity index (χ3n) is 3.47. The van der Waals surface area contributed by atoms with Crippen LogP contribution >= 0.6 is 0 Å². The van der Waals surface area contributed by atoms with Crippen LogP contribution in [0.1, 0.15) is 34.1 Å². The summed E-state index contributed by atoms with van der Waals surface area (Å²) in [5, 5.41) is 3.51. The Hall–Kier alpha value is -0.910. The van der Waals surface area contributed by atoms with Crippen LogP contribution in [0.2, 0.25) is 0 Å². The summed E-state index contributed by atoms with van der Waals surface area (Å²) < 4.78 is 5.06. The van der Waals surface area contributed by atoms with E-state index in [4.69, 9.17) is 4.74 Å². The van der Waals surface area contributed by atoms with Crippen molar-refractivity contribution in [2.75, 3.05) is 19.9 Å². The molecule has 1 N–H and O–H groups in total. The lowest BCUT2D eigenvalue weighted by Crippen LogP contribution is -2.62. The molecule has 0 aromatic heterocycles. The van der Waals surface area contributed by atoms with Crippen LogP contribution in [-0.4, -0.2) is 54.0 Å². The van der Waals surface area contributed by atoms with E-state index in [-0.39, 0.29) is 12.1 Å². The normalized spacial score (nSPS) is 21.9. The van der Waals surface area contributed by atoms with Gasteiger partial charge in [-0.3, -0.25) is 15.1 Å². The number of nitrogens with zero attached hydrogens (tertiary/aromatic N) is 2. The van der Waals surface area contributed by atoms with E-state index in [9.17, 15) is 4.79 Å². The zero-order valence-electron chi connectivity index (χ0n) is 12.6. The van der Waals surface area contributed by atoms with E-state index in [1.807, 2.05) is 0 Å². The van der Waals surface area contributed by atoms with Crippen molar-refractivity contribution in [2.24, 2.45) is 0 Å². The molecule has 1 heterocycles. The summed E-state index contributed by atoms with van der Waals surface area (Å²) in [7, 11) is 0. The number of carbonyl (C=O) groups excluding carboxylic acids is 1. The number of nitrogens with one attached hydrogen (secondary N) is 1. The van der Waals surface area contributed by atoms with E-state index < -0.39 is 0 Å². The van der Waals surface area contributed by atoms with E-state index in [2.05, 4.69) is 49.4 Å². The first kappa shape index (κ1) is 16.1. The third kappa shape index (κ3) is 4.93. The summed E-state index contributed by atoms with van der Waals surface area (Å²) >= 11 is 0. The molecule has 1 fully saturated rings. The molecule has 110 valence electrons. The van der Waals surface area contributed by atoms with Crippen LogP contribution in [0, 0.1) is 0 Å². The Bertz CT molecular complexity index is 305. The molecule has 1 atom stereocenters. The molecule has 1 aliphatic heterocycles. The molecule has 1 rings (SSSR count). The average Bonchev–Trinajstić information content (AvgIpc) is 2.38. The zero-order chi connectivity index (χ0) is 14.4. The van der Waals surface area contributed by atoms with Gasteiger partial charge in [0, 0.05) is 24.6 Å². The van der Waals surface area contributed by atoms with E-state index in [1.165, 1.54) is 6.08 Å². The number of carbonyl (C=O) groups is 1. The molecule has 0 radical (unpaired) electrons. The fourth-order valence-corrected chi connectivity index (χ4v) is 2.17. The maximum absolute atomic E-state index is 11.0. The number of rotatable bonds is 6. The molecule has 0 amide bonds. The second-order valence-electron chi connectivity index (χ2n) is 5.47. The number of ether oxygens (including phenoxy) is 1. The minimum atomic E-state index is -0.351. The minimum Gasteiger partial charge on any atom is -0.462 e. The predicted molar refractivity (Wildman–Crippen MR) is 76.4 cm³/mol. The molecular formula is C14H27N3O2. The standard InChI is InChI=1S/C14H27N3O2/c1-6-14(18)19-8-7-13-15-9-16(11(2)3)10-17(13)12(4)5/h6,11-13,15H,1,7-10H2,2-5H3. The van der Waals surface area contributed by atoms with Gasteiger partial charge in [0.25, 0.3) is 0 Å². The van der Waals surface area contributed by atoms with Crippen molar-refractivity contribution in [3.05, 3.63) is 12.7 Å². The Morgan fingerprint density at radius 3 is 2.63 bits per heavy atom. The van der Waals surface area contributed by atoms with Crippen molar-refractivity contribution in [1.29, 1.82) is 0 Å². The summed E-state index contributed by atoms with van der Waals surface area (Å²) in [6, 6.07) is 0.974. The molecule has 0 aromatic carbocycles. The van der Waals surface area contributed by atoms with Gasteiger partial charge < -0.3 is 4.74 Å². The van der Waals surface area contributed by atoms with Crippen LogP contribution in [0.25, 0.3) is 0 Å². The molecule has 0 bridgehead atoms. The Morgan fingerprint density at radius 1 is 1.42 bits per heavy atom. The molecule has 0 spiro atoms. The first-order valence-corrected chi connectivity index (χ1v) is 6.98. The molecular weight excluding hydrogens is 242 g/mol. The molecule has 1 saturated heterocycles. The maximum atomic E-state index is 11.0. The van der Waals surface area contributed by atoms with Gasteiger partial charge in [0.15, 0.2) is 0 Å². The van der Waals surface area contributed by atoms with Crippen molar-refractivity contribution < 1.29 is 9.53 Å². The topological polar surface area (TPSA) is 44.8 Å². The molecule has 0 saturated carbocycles. The van der Waals surface area contributed by atoms with Crippen LogP contribution in [0.15, 0.2) is 12.7 Å². The molecule has 19 heavy (non-hydrogen) atoms. The van der Waals surface area contributed by atoms with E-state index in [1.54, 1.807) is 0 Å². The summed E-state index contributed by atoms with van der Waals surface area (Å²) in [6.45, 7) is 14.4. The van der Waals surface area contributed by atoms with Crippen LogP contribution in [-0.2, 0) is 9.53 Å². The fourth-order valence-electron chi connectivity index (χ4n) is 2.17. The maximum Gasteiger partial charge on any atom is 0.330 e. The highest BCUT2D eigenvalue weighted by molar-refractivity contribution is 5.81. The average molecular weight is 269 g/mol. The zero-order valence-corrected chi connectivity index (χ0v) is 12.6. The quantitative estimate of drug-likeness (QED) is 0.583. The molecule has 1 aliphatic rings. The van der Waals surface area contributed by atoms with Crippen LogP contribution in [0.5, 0.6) is 0 Å². The smallest absolute Gasteiger partial charge is 0.330 e. The van der Waals surface area contributed by atoms with Crippen LogP contribution < -0.4 is 5.32 Å². The first-order chi connectivity index (χ1) is 8.95. The van der Waals surface area contributed by atoms with Crippen molar-refractivity contribution in [2.45, 2.75) is 52.4 Å². The number of esters is 1. The van der Waals surface area contributed by atoms with Gasteiger partial charge in [-0.15, -0.1) is 0 Å². The lowest BCUT2D eigenvalue weighted by atomic mass is 10.2. The highest BCUT2D eigenvalue weighted by Gasteiger charge is 2.28. The van der Waals surface area contributed by atoms with Crippen molar-refractivity contribution >= 4 is 5.97 Å². The van der Waals surface area contributed by atoms with Crippen LogP contribution in [0.4, 0.5) is 0 Å². The molecule has 5 heteroatoms. The number of hydrogen-bond donors (Lipinski definition) is 1. The van der Waals surface area contributed by atoms with E-state index >= 15 is 0 Å². The Morgan fingerprint density at radius 2 is 2.11 bits per heavy atom. The second kappa shape index (κ2) is 7.62. The van der Waals surface area contributed by atoms with Gasteiger partial charge in [-0.05, 0) is 27.7 Å². The highest BCUT2D eigenvalue weighted by Crippen LogP contribution is 2.14. The molecule has 1 unspecified atom stereocenters. The van der Waals surface area contributed by atoms with Crippen molar-refractivity contribution in [1.82, 2.24) is 15.1 Å². The van der Waals surface area contributed by atoms with Gasteiger partial charge in [0.05, 0.1) is 26.1 Å². The third-order valence-corrected chi connectivity index (χ3v) is 3.47. The summed E-state index contributed by atoms with van der Waals surface area (Å²) in [5.41, 5.74) is 0. The molecule has 5 nitrogen and oxygen atoms in total. The Labute approximate surface area is 116 Å². The summed E-state index contributed by atoms with van der Waals surface area (Å²) in [5.74, 6) is -0.351. The monoisotopic (exact) mass is 269 g/mol. The lowest BCUT2D eigenvalue weighted by Gasteiger charge is -2.45. The summed E-state index contributed by atoms with van der Waals surface area (Å²) in [6.07, 6.45) is 2.26. The lowest BCUT2D eigenvalue weighted by molar-refractivity contribution is -0.138. The summed E-state index contributed by atoms with van der Waals surface area (Å²) in [4.78, 5) is 15.8. The van der Waals surface area contributed by atoms with Gasteiger partial charge in [0.2, 0.25) is 0 Å². The SMILES string of the molecule is C=CC(=O)OCCC1NCN(C(C)C)CN1C(C)C.